The zero-order valence-corrected chi connectivity index (χ0v) is 14.7. The summed E-state index contributed by atoms with van der Waals surface area (Å²) in [5, 5.41) is 9.42. The Morgan fingerprint density at radius 3 is 2.65 bits per heavy atom. The summed E-state index contributed by atoms with van der Waals surface area (Å²) in [6.45, 7) is 2.85. The van der Waals surface area contributed by atoms with Gasteiger partial charge in [0.15, 0.2) is 0 Å². The van der Waals surface area contributed by atoms with Crippen molar-refractivity contribution in [2.45, 2.75) is 32.4 Å². The van der Waals surface area contributed by atoms with Gasteiger partial charge in [-0.15, -0.1) is 0 Å². The first kappa shape index (κ1) is 17.9. The minimum Gasteiger partial charge on any atom is -0.480 e. The number of piperidine rings is 1. The van der Waals surface area contributed by atoms with Crippen LogP contribution in [0.4, 0.5) is 0 Å². The number of carbonyl (C=O) groups excluding carboxylic acids is 1. The monoisotopic (exact) mass is 354 g/mol. The summed E-state index contributed by atoms with van der Waals surface area (Å²) in [5.41, 5.74) is 1.40. The third kappa shape index (κ3) is 4.20. The van der Waals surface area contributed by atoms with Gasteiger partial charge in [0.05, 0.1) is 5.56 Å². The van der Waals surface area contributed by atoms with E-state index in [1.165, 1.54) is 11.1 Å². The molecule has 1 saturated heterocycles. The molecule has 0 saturated carbocycles. The molecule has 2 aromatic rings. The first-order valence-corrected chi connectivity index (χ1v) is 8.71. The number of benzene rings is 1. The first-order chi connectivity index (χ1) is 12.5. The number of aliphatic carboxylic acids is 1. The molecule has 3 rings (SSSR count). The van der Waals surface area contributed by atoms with E-state index in [2.05, 4.69) is 4.98 Å². The SMILES string of the molecule is CC1CCN(C(=O)c2ccc(OCc3ccccc3)nc2)C(C(=O)O)C1. The number of likely N-dealkylation sites (tertiary alicyclic amines) is 1. The number of ether oxygens (including phenoxy) is 1. The van der Waals surface area contributed by atoms with Crippen LogP contribution in [0.1, 0.15) is 35.7 Å². The summed E-state index contributed by atoms with van der Waals surface area (Å²) < 4.78 is 5.62. The minimum atomic E-state index is -0.958. The summed E-state index contributed by atoms with van der Waals surface area (Å²) in [6, 6.07) is 12.2. The number of carboxylic acids is 1. The molecular formula is C20H22N2O4. The van der Waals surface area contributed by atoms with Crippen LogP contribution in [0, 0.1) is 5.92 Å². The van der Waals surface area contributed by atoms with Crippen molar-refractivity contribution in [2.75, 3.05) is 6.54 Å². The number of hydrogen-bond donors (Lipinski definition) is 1. The van der Waals surface area contributed by atoms with Gasteiger partial charge in [-0.1, -0.05) is 37.3 Å². The van der Waals surface area contributed by atoms with Crippen LogP contribution >= 0.6 is 0 Å². The number of aromatic nitrogens is 1. The lowest BCUT2D eigenvalue weighted by atomic mass is 9.92. The van der Waals surface area contributed by atoms with Crippen LogP contribution < -0.4 is 4.74 Å². The van der Waals surface area contributed by atoms with Crippen molar-refractivity contribution in [1.29, 1.82) is 0 Å². The van der Waals surface area contributed by atoms with E-state index in [1.807, 2.05) is 37.3 Å². The molecule has 1 fully saturated rings. The fourth-order valence-corrected chi connectivity index (χ4v) is 3.11. The Morgan fingerprint density at radius 2 is 2.00 bits per heavy atom. The van der Waals surface area contributed by atoms with Crippen LogP contribution in [0.5, 0.6) is 5.88 Å². The standard InChI is InChI=1S/C20H22N2O4/c1-14-9-10-22(17(11-14)20(24)25)19(23)16-7-8-18(21-12-16)26-13-15-5-3-2-4-6-15/h2-8,12,14,17H,9-11,13H2,1H3,(H,24,25). The smallest absolute Gasteiger partial charge is 0.326 e. The van der Waals surface area contributed by atoms with E-state index in [1.54, 1.807) is 12.1 Å². The molecule has 1 aliphatic heterocycles. The van der Waals surface area contributed by atoms with E-state index in [0.29, 0.717) is 36.9 Å². The Balaban J connectivity index is 1.65. The topological polar surface area (TPSA) is 79.7 Å². The van der Waals surface area contributed by atoms with Crippen molar-refractivity contribution < 1.29 is 19.4 Å². The number of nitrogens with zero attached hydrogens (tertiary/aromatic N) is 2. The highest BCUT2D eigenvalue weighted by Crippen LogP contribution is 2.24. The highest BCUT2D eigenvalue weighted by molar-refractivity contribution is 5.96. The zero-order valence-electron chi connectivity index (χ0n) is 14.7. The number of amides is 1. The molecule has 136 valence electrons. The van der Waals surface area contributed by atoms with E-state index < -0.39 is 12.0 Å². The molecule has 1 amide bonds. The summed E-state index contributed by atoms with van der Waals surface area (Å²) in [7, 11) is 0. The van der Waals surface area contributed by atoms with Crippen molar-refractivity contribution in [3.63, 3.8) is 0 Å². The maximum Gasteiger partial charge on any atom is 0.326 e. The van der Waals surface area contributed by atoms with E-state index in [0.717, 1.165) is 12.0 Å². The molecule has 1 aromatic carbocycles. The van der Waals surface area contributed by atoms with Crippen molar-refractivity contribution in [2.24, 2.45) is 5.92 Å². The normalized spacial score (nSPS) is 19.8. The maximum absolute atomic E-state index is 12.7. The highest BCUT2D eigenvalue weighted by atomic mass is 16.5. The average Bonchev–Trinajstić information content (AvgIpc) is 2.67. The number of carboxylic acid groups (broad SMARTS) is 1. The van der Waals surface area contributed by atoms with Gasteiger partial charge in [0.1, 0.15) is 12.6 Å². The lowest BCUT2D eigenvalue weighted by Gasteiger charge is -2.36. The molecule has 2 heterocycles. The van der Waals surface area contributed by atoms with Crippen LogP contribution in [0.3, 0.4) is 0 Å². The minimum absolute atomic E-state index is 0.298. The second-order valence-electron chi connectivity index (χ2n) is 6.64. The zero-order chi connectivity index (χ0) is 18.5. The number of rotatable bonds is 5. The van der Waals surface area contributed by atoms with Crippen molar-refractivity contribution >= 4 is 11.9 Å². The largest absolute Gasteiger partial charge is 0.480 e. The first-order valence-electron chi connectivity index (χ1n) is 8.71. The number of hydrogen-bond acceptors (Lipinski definition) is 4. The Bertz CT molecular complexity index is 761. The van der Waals surface area contributed by atoms with Gasteiger partial charge < -0.3 is 14.7 Å². The Kier molecular flexibility index (Phi) is 5.51. The van der Waals surface area contributed by atoms with Gasteiger partial charge in [-0.3, -0.25) is 4.79 Å². The average molecular weight is 354 g/mol. The Labute approximate surface area is 152 Å². The summed E-state index contributed by atoms with van der Waals surface area (Å²) in [6.07, 6.45) is 2.73. The third-order valence-corrected chi connectivity index (χ3v) is 4.62. The maximum atomic E-state index is 12.7. The quantitative estimate of drug-likeness (QED) is 0.893. The van der Waals surface area contributed by atoms with E-state index in [4.69, 9.17) is 4.74 Å². The van der Waals surface area contributed by atoms with Crippen LogP contribution in [0.2, 0.25) is 0 Å². The second-order valence-corrected chi connectivity index (χ2v) is 6.64. The summed E-state index contributed by atoms with van der Waals surface area (Å²) in [5.74, 6) is -0.536. The second kappa shape index (κ2) is 7.99. The molecule has 26 heavy (non-hydrogen) atoms. The fourth-order valence-electron chi connectivity index (χ4n) is 3.11. The van der Waals surface area contributed by atoms with Gasteiger partial charge in [0.25, 0.3) is 5.91 Å². The molecule has 2 unspecified atom stereocenters. The summed E-state index contributed by atoms with van der Waals surface area (Å²) in [4.78, 5) is 29.8. The molecule has 0 radical (unpaired) electrons. The lowest BCUT2D eigenvalue weighted by Crippen LogP contribution is -2.49. The van der Waals surface area contributed by atoms with E-state index in [-0.39, 0.29) is 5.91 Å². The van der Waals surface area contributed by atoms with Crippen LogP contribution in [0.15, 0.2) is 48.7 Å². The van der Waals surface area contributed by atoms with E-state index in [9.17, 15) is 14.7 Å². The van der Waals surface area contributed by atoms with Gasteiger partial charge in [-0.25, -0.2) is 9.78 Å². The molecule has 1 N–H and O–H groups in total. The van der Waals surface area contributed by atoms with Crippen LogP contribution in [0.25, 0.3) is 0 Å². The molecule has 2 atom stereocenters. The highest BCUT2D eigenvalue weighted by Gasteiger charge is 2.35. The van der Waals surface area contributed by atoms with Crippen molar-refractivity contribution in [3.8, 4) is 5.88 Å². The van der Waals surface area contributed by atoms with Crippen LogP contribution in [-0.4, -0.2) is 39.5 Å². The fraction of sp³-hybridized carbons (Fsp3) is 0.350. The van der Waals surface area contributed by atoms with Crippen molar-refractivity contribution in [1.82, 2.24) is 9.88 Å². The summed E-state index contributed by atoms with van der Waals surface area (Å²) >= 11 is 0. The lowest BCUT2D eigenvalue weighted by molar-refractivity contribution is -0.144. The third-order valence-electron chi connectivity index (χ3n) is 4.62. The van der Waals surface area contributed by atoms with Gasteiger partial charge in [-0.2, -0.15) is 0 Å². The molecule has 1 aromatic heterocycles. The molecule has 1 aliphatic rings. The molecule has 0 bridgehead atoms. The van der Waals surface area contributed by atoms with Gasteiger partial charge in [0, 0.05) is 18.8 Å². The van der Waals surface area contributed by atoms with Gasteiger partial charge in [0.2, 0.25) is 5.88 Å². The Hall–Kier alpha value is -2.89. The predicted octanol–water partition coefficient (Wildman–Crippen LogP) is 2.99. The van der Waals surface area contributed by atoms with Gasteiger partial charge >= 0.3 is 5.97 Å². The molecule has 0 aliphatic carbocycles. The number of carbonyl (C=O) groups is 2. The molecule has 6 heteroatoms. The Morgan fingerprint density at radius 1 is 1.23 bits per heavy atom. The molecule has 0 spiro atoms. The predicted molar refractivity (Wildman–Crippen MR) is 95.9 cm³/mol. The number of pyridine rings is 1. The van der Waals surface area contributed by atoms with E-state index >= 15 is 0 Å². The van der Waals surface area contributed by atoms with Crippen LogP contribution in [-0.2, 0) is 11.4 Å². The molecular weight excluding hydrogens is 332 g/mol. The molecule has 6 nitrogen and oxygen atoms in total. The van der Waals surface area contributed by atoms with Crippen molar-refractivity contribution in [3.05, 3.63) is 59.8 Å². The van der Waals surface area contributed by atoms with Gasteiger partial charge in [-0.05, 0) is 30.4 Å².